The van der Waals surface area contributed by atoms with Gasteiger partial charge in [0.2, 0.25) is 5.88 Å². The first-order valence-corrected chi connectivity index (χ1v) is 6.25. The molecule has 0 spiro atoms. The molecule has 0 aliphatic heterocycles. The molecule has 94 valence electrons. The molecule has 2 rings (SSSR count). The number of aromatic carboxylic acids is 1. The molecule has 0 saturated heterocycles. The average molecular weight is 366 g/mol. The smallest absolute Gasteiger partial charge is 0.339 e. The Hall–Kier alpha value is -2.14. The van der Waals surface area contributed by atoms with E-state index < -0.39 is 5.97 Å². The lowest BCUT2D eigenvalue weighted by Gasteiger charge is -2.08. The molecule has 1 aromatic carbocycles. The van der Waals surface area contributed by atoms with Crippen LogP contribution in [0.15, 0.2) is 36.5 Å². The Kier molecular flexibility index (Phi) is 3.97. The second kappa shape index (κ2) is 5.67. The lowest BCUT2D eigenvalue weighted by molar-refractivity contribution is 0.0694. The van der Waals surface area contributed by atoms with E-state index in [0.29, 0.717) is 5.56 Å². The third-order valence-corrected chi connectivity index (χ3v) is 2.92. The van der Waals surface area contributed by atoms with E-state index in [4.69, 9.17) is 15.1 Å². The van der Waals surface area contributed by atoms with Crippen LogP contribution in [0.25, 0.3) is 0 Å². The zero-order chi connectivity index (χ0) is 13.8. The highest BCUT2D eigenvalue weighted by atomic mass is 127. The number of halogens is 1. The van der Waals surface area contributed by atoms with Crippen LogP contribution >= 0.6 is 22.6 Å². The van der Waals surface area contributed by atoms with Crippen molar-refractivity contribution in [2.75, 3.05) is 0 Å². The minimum Gasteiger partial charge on any atom is -0.478 e. The lowest BCUT2D eigenvalue weighted by Crippen LogP contribution is -2.01. The maximum atomic E-state index is 11.1. The molecule has 0 unspecified atom stereocenters. The van der Waals surface area contributed by atoms with Crippen molar-refractivity contribution < 1.29 is 14.6 Å². The summed E-state index contributed by atoms with van der Waals surface area (Å²) in [4.78, 5) is 15.0. The molecule has 0 aliphatic rings. The van der Waals surface area contributed by atoms with Crippen molar-refractivity contribution in [2.24, 2.45) is 0 Å². The number of benzene rings is 1. The Morgan fingerprint density at radius 3 is 2.74 bits per heavy atom. The first-order valence-electron chi connectivity index (χ1n) is 5.17. The number of nitrogens with zero attached hydrogens (tertiary/aromatic N) is 2. The van der Waals surface area contributed by atoms with Gasteiger partial charge in [0.15, 0.2) is 0 Å². The summed E-state index contributed by atoms with van der Waals surface area (Å²) in [7, 11) is 0. The highest BCUT2D eigenvalue weighted by Gasteiger charge is 2.13. The zero-order valence-electron chi connectivity index (χ0n) is 9.50. The first-order chi connectivity index (χ1) is 9.10. The quantitative estimate of drug-likeness (QED) is 0.845. The van der Waals surface area contributed by atoms with E-state index in [1.807, 2.05) is 28.7 Å². The third-order valence-electron chi connectivity index (χ3n) is 2.25. The molecular weight excluding hydrogens is 359 g/mol. The van der Waals surface area contributed by atoms with E-state index in [-0.39, 0.29) is 17.2 Å². The van der Waals surface area contributed by atoms with Gasteiger partial charge in [-0.05, 0) is 46.9 Å². The van der Waals surface area contributed by atoms with Crippen LogP contribution in [0.2, 0.25) is 0 Å². The van der Waals surface area contributed by atoms with Crippen molar-refractivity contribution in [3.63, 3.8) is 0 Å². The number of ether oxygens (including phenoxy) is 1. The summed E-state index contributed by atoms with van der Waals surface area (Å²) in [6.45, 7) is 0. The molecule has 1 heterocycles. The van der Waals surface area contributed by atoms with Crippen molar-refractivity contribution in [2.45, 2.75) is 0 Å². The van der Waals surface area contributed by atoms with Crippen molar-refractivity contribution in [1.29, 1.82) is 5.26 Å². The van der Waals surface area contributed by atoms with Gasteiger partial charge in [-0.2, -0.15) is 5.26 Å². The van der Waals surface area contributed by atoms with Crippen molar-refractivity contribution >= 4 is 28.6 Å². The summed E-state index contributed by atoms with van der Waals surface area (Å²) in [6.07, 6.45) is 1.36. The lowest BCUT2D eigenvalue weighted by atomic mass is 10.2. The molecule has 2 aromatic rings. The van der Waals surface area contributed by atoms with E-state index >= 15 is 0 Å². The summed E-state index contributed by atoms with van der Waals surface area (Å²) in [5.41, 5.74) is 0.478. The number of hydrogen-bond acceptors (Lipinski definition) is 4. The second-order valence-corrected chi connectivity index (χ2v) is 4.79. The van der Waals surface area contributed by atoms with Gasteiger partial charge in [0.25, 0.3) is 0 Å². The van der Waals surface area contributed by atoms with Crippen LogP contribution in [-0.2, 0) is 0 Å². The fourth-order valence-electron chi connectivity index (χ4n) is 1.38. The number of carbonyl (C=O) groups is 1. The number of hydrogen-bond donors (Lipinski definition) is 1. The van der Waals surface area contributed by atoms with E-state index in [2.05, 4.69) is 4.98 Å². The minimum absolute atomic E-state index is 0.0676. The normalized spacial score (nSPS) is 9.68. The van der Waals surface area contributed by atoms with E-state index in [1.165, 1.54) is 18.3 Å². The molecule has 0 atom stereocenters. The van der Waals surface area contributed by atoms with Gasteiger partial charge in [-0.1, -0.05) is 0 Å². The highest BCUT2D eigenvalue weighted by Crippen LogP contribution is 2.25. The summed E-state index contributed by atoms with van der Waals surface area (Å²) < 4.78 is 6.22. The third kappa shape index (κ3) is 3.20. The van der Waals surface area contributed by atoms with Gasteiger partial charge in [-0.15, -0.1) is 0 Å². The van der Waals surface area contributed by atoms with Crippen LogP contribution in [0.1, 0.15) is 15.9 Å². The molecule has 0 aliphatic carbocycles. The van der Waals surface area contributed by atoms with Gasteiger partial charge in [0.1, 0.15) is 17.4 Å². The van der Waals surface area contributed by atoms with Crippen LogP contribution in [0.3, 0.4) is 0 Å². The number of nitriles is 1. The van der Waals surface area contributed by atoms with Crippen molar-refractivity contribution in [3.8, 4) is 17.7 Å². The Morgan fingerprint density at radius 2 is 2.16 bits per heavy atom. The molecular formula is C13H7IN2O3. The maximum Gasteiger partial charge on any atom is 0.339 e. The largest absolute Gasteiger partial charge is 0.478 e. The summed E-state index contributed by atoms with van der Waals surface area (Å²) >= 11 is 2.03. The van der Waals surface area contributed by atoms with Crippen LogP contribution in [0.5, 0.6) is 11.6 Å². The molecule has 1 aromatic heterocycles. The predicted octanol–water partition coefficient (Wildman–Crippen LogP) is 3.05. The molecule has 0 amide bonds. The van der Waals surface area contributed by atoms with E-state index in [9.17, 15) is 4.79 Å². The average Bonchev–Trinajstić information content (AvgIpc) is 2.41. The number of carboxylic acid groups (broad SMARTS) is 1. The summed E-state index contributed by atoms with van der Waals surface area (Å²) in [5, 5.41) is 17.8. The van der Waals surface area contributed by atoms with Gasteiger partial charge in [0, 0.05) is 15.8 Å². The van der Waals surface area contributed by atoms with Crippen LogP contribution < -0.4 is 4.74 Å². The molecule has 19 heavy (non-hydrogen) atoms. The van der Waals surface area contributed by atoms with Gasteiger partial charge in [0.05, 0.1) is 5.56 Å². The monoisotopic (exact) mass is 366 g/mol. The van der Waals surface area contributed by atoms with Gasteiger partial charge in [-0.3, -0.25) is 0 Å². The first kappa shape index (κ1) is 13.3. The number of pyridine rings is 1. The van der Waals surface area contributed by atoms with Crippen molar-refractivity contribution in [3.05, 3.63) is 51.2 Å². The Labute approximate surface area is 122 Å². The number of carboxylic acids is 1. The minimum atomic E-state index is -1.07. The number of aromatic nitrogens is 1. The predicted molar refractivity (Wildman–Crippen MR) is 75.1 cm³/mol. The Balaban J connectivity index is 2.32. The molecule has 1 N–H and O–H groups in total. The van der Waals surface area contributed by atoms with Crippen molar-refractivity contribution in [1.82, 2.24) is 4.98 Å². The molecule has 5 nitrogen and oxygen atoms in total. The van der Waals surface area contributed by atoms with Gasteiger partial charge in [-0.25, -0.2) is 9.78 Å². The topological polar surface area (TPSA) is 83.2 Å². The van der Waals surface area contributed by atoms with Gasteiger partial charge < -0.3 is 9.84 Å². The molecule has 0 bridgehead atoms. The number of rotatable bonds is 3. The van der Waals surface area contributed by atoms with Crippen LogP contribution in [-0.4, -0.2) is 16.1 Å². The maximum absolute atomic E-state index is 11.1. The fourth-order valence-corrected chi connectivity index (χ4v) is 1.87. The SMILES string of the molecule is N#Cc1ccc(Oc2ccc(I)cc2C(=O)O)nc1. The molecule has 0 fully saturated rings. The van der Waals surface area contributed by atoms with Crippen LogP contribution in [0, 0.1) is 14.9 Å². The zero-order valence-corrected chi connectivity index (χ0v) is 11.7. The second-order valence-electron chi connectivity index (χ2n) is 3.54. The van der Waals surface area contributed by atoms with E-state index in [1.54, 1.807) is 18.2 Å². The fraction of sp³-hybridized carbons (Fsp3) is 0. The standard InChI is InChI=1S/C13H7IN2O3/c14-9-2-3-11(10(5-9)13(17)18)19-12-4-1-8(6-15)7-16-12/h1-5,7H,(H,17,18). The summed E-state index contributed by atoms with van der Waals surface area (Å²) in [5.74, 6) is -0.616. The van der Waals surface area contributed by atoms with E-state index in [0.717, 1.165) is 3.57 Å². The summed E-state index contributed by atoms with van der Waals surface area (Å²) in [6, 6.07) is 9.84. The molecule has 0 saturated carbocycles. The Morgan fingerprint density at radius 1 is 1.37 bits per heavy atom. The highest BCUT2D eigenvalue weighted by molar-refractivity contribution is 14.1. The van der Waals surface area contributed by atoms with Gasteiger partial charge >= 0.3 is 5.97 Å². The molecule has 6 heteroatoms. The molecule has 0 radical (unpaired) electrons. The van der Waals surface area contributed by atoms with Crippen LogP contribution in [0.4, 0.5) is 0 Å². The Bertz CT molecular complexity index is 663.